The molecule has 1 aliphatic rings. The minimum atomic E-state index is 0.0638. The van der Waals surface area contributed by atoms with E-state index in [1.54, 1.807) is 18.5 Å². The zero-order valence-electron chi connectivity index (χ0n) is 18.2. The number of hydrogen-bond acceptors (Lipinski definition) is 7. The Hall–Kier alpha value is -2.78. The van der Waals surface area contributed by atoms with E-state index in [4.69, 9.17) is 17.2 Å². The largest absolute Gasteiger partial charge is 0.356 e. The maximum Gasteiger partial charge on any atom is 0.232 e. The summed E-state index contributed by atoms with van der Waals surface area (Å²) in [6.45, 7) is 6.32. The Labute approximate surface area is 198 Å². The van der Waals surface area contributed by atoms with Crippen molar-refractivity contribution < 1.29 is 0 Å². The van der Waals surface area contributed by atoms with Gasteiger partial charge in [-0.2, -0.15) is 4.98 Å². The van der Waals surface area contributed by atoms with E-state index < -0.39 is 0 Å². The quantitative estimate of drug-likeness (QED) is 0.306. The van der Waals surface area contributed by atoms with Crippen LogP contribution in [0, 0.1) is 5.92 Å². The predicted octanol–water partition coefficient (Wildman–Crippen LogP) is 4.70. The number of nitrogens with one attached hydrogen (secondary N) is 2. The molecule has 0 saturated carbocycles. The van der Waals surface area contributed by atoms with E-state index in [-0.39, 0.29) is 6.04 Å². The van der Waals surface area contributed by atoms with Crippen LogP contribution >= 0.6 is 24.0 Å². The first-order chi connectivity index (χ1) is 15.6. The fourth-order valence-electron chi connectivity index (χ4n) is 3.67. The van der Waals surface area contributed by atoms with Crippen molar-refractivity contribution in [3.8, 4) is 0 Å². The molecule has 0 bridgehead atoms. The van der Waals surface area contributed by atoms with Crippen LogP contribution in [0.3, 0.4) is 0 Å². The number of piperidine rings is 1. The van der Waals surface area contributed by atoms with Gasteiger partial charge in [0.15, 0.2) is 10.3 Å². The van der Waals surface area contributed by atoms with Crippen LogP contribution in [-0.4, -0.2) is 38.1 Å². The zero-order chi connectivity index (χ0) is 22.3. The number of nitrogens with zero attached hydrogens (tertiary/aromatic N) is 5. The van der Waals surface area contributed by atoms with Gasteiger partial charge in [-0.25, -0.2) is 15.0 Å². The molecule has 9 heteroatoms. The van der Waals surface area contributed by atoms with Crippen molar-refractivity contribution in [2.24, 2.45) is 5.92 Å². The molecule has 2 aromatic heterocycles. The second-order valence-corrected chi connectivity index (χ2v) is 9.34. The predicted molar refractivity (Wildman–Crippen MR) is 133 cm³/mol. The molecule has 4 rings (SSSR count). The Morgan fingerprint density at radius 3 is 2.69 bits per heavy atom. The molecule has 1 aromatic carbocycles. The lowest BCUT2D eigenvalue weighted by Crippen LogP contribution is -2.35. The van der Waals surface area contributed by atoms with Crippen LogP contribution in [0.15, 0.2) is 65.0 Å². The number of thiocarbonyl (C=S) groups is 1. The molecule has 0 spiro atoms. The van der Waals surface area contributed by atoms with Crippen LogP contribution < -0.4 is 15.5 Å². The van der Waals surface area contributed by atoms with Gasteiger partial charge in [-0.1, -0.05) is 37.3 Å². The van der Waals surface area contributed by atoms with Gasteiger partial charge < -0.3 is 15.5 Å². The van der Waals surface area contributed by atoms with Crippen molar-refractivity contribution in [2.45, 2.75) is 42.9 Å². The van der Waals surface area contributed by atoms with Crippen LogP contribution in [0.25, 0.3) is 0 Å². The zero-order valence-corrected chi connectivity index (χ0v) is 19.9. The van der Waals surface area contributed by atoms with Gasteiger partial charge in [0.1, 0.15) is 10.8 Å². The van der Waals surface area contributed by atoms with E-state index in [2.05, 4.69) is 56.5 Å². The van der Waals surface area contributed by atoms with Gasteiger partial charge >= 0.3 is 0 Å². The molecular weight excluding hydrogens is 438 g/mol. The Morgan fingerprint density at radius 2 is 1.94 bits per heavy atom. The summed E-state index contributed by atoms with van der Waals surface area (Å²) in [4.78, 5) is 20.4. The SMILES string of the molecule is C[C@@H]1CCCN(c2cc(Sc3ncccn3)nc(NC(=S)N[C@H](C)c3ccccc3)n2)C1. The summed E-state index contributed by atoms with van der Waals surface area (Å²) in [5.74, 6) is 2.00. The highest BCUT2D eigenvalue weighted by Crippen LogP contribution is 2.29. The highest BCUT2D eigenvalue weighted by atomic mass is 32.2. The number of hydrogen-bond donors (Lipinski definition) is 2. The first kappa shape index (κ1) is 22.4. The van der Waals surface area contributed by atoms with Gasteiger partial charge in [-0.05, 0) is 61.3 Å². The fourth-order valence-corrected chi connectivity index (χ4v) is 4.65. The third-order valence-electron chi connectivity index (χ3n) is 5.28. The number of benzene rings is 1. The molecule has 3 aromatic rings. The Bertz CT molecular complexity index is 1030. The molecule has 0 amide bonds. The average molecular weight is 466 g/mol. The number of rotatable bonds is 6. The van der Waals surface area contributed by atoms with Crippen LogP contribution in [0.4, 0.5) is 11.8 Å². The van der Waals surface area contributed by atoms with E-state index in [0.29, 0.717) is 22.1 Å². The maximum atomic E-state index is 5.56. The monoisotopic (exact) mass is 465 g/mol. The van der Waals surface area contributed by atoms with Crippen molar-refractivity contribution in [3.63, 3.8) is 0 Å². The molecular formula is C23H27N7S2. The lowest BCUT2D eigenvalue weighted by atomic mass is 10.0. The lowest BCUT2D eigenvalue weighted by Gasteiger charge is -2.32. The molecule has 0 aliphatic carbocycles. The molecule has 7 nitrogen and oxygen atoms in total. The van der Waals surface area contributed by atoms with Gasteiger partial charge in [0.25, 0.3) is 0 Å². The summed E-state index contributed by atoms with van der Waals surface area (Å²) in [5, 5.41) is 8.40. The summed E-state index contributed by atoms with van der Waals surface area (Å²) >= 11 is 6.97. The molecule has 1 saturated heterocycles. The van der Waals surface area contributed by atoms with Gasteiger partial charge in [0, 0.05) is 31.5 Å². The van der Waals surface area contributed by atoms with Crippen LogP contribution in [0.5, 0.6) is 0 Å². The molecule has 0 unspecified atom stereocenters. The molecule has 1 aliphatic heterocycles. The Morgan fingerprint density at radius 1 is 1.16 bits per heavy atom. The van der Waals surface area contributed by atoms with Gasteiger partial charge in [0.2, 0.25) is 5.95 Å². The number of aromatic nitrogens is 4. The third kappa shape index (κ3) is 6.14. The fraction of sp³-hybridized carbons (Fsp3) is 0.348. The summed E-state index contributed by atoms with van der Waals surface area (Å²) in [6, 6.07) is 14.1. The van der Waals surface area contributed by atoms with Crippen LogP contribution in [0.1, 0.15) is 38.3 Å². The topological polar surface area (TPSA) is 78.9 Å². The van der Waals surface area contributed by atoms with E-state index in [1.165, 1.54) is 18.2 Å². The Kier molecular flexibility index (Phi) is 7.49. The summed E-state index contributed by atoms with van der Waals surface area (Å²) in [5.41, 5.74) is 1.16. The molecule has 2 N–H and O–H groups in total. The molecule has 166 valence electrons. The first-order valence-corrected chi connectivity index (χ1v) is 12.0. The second kappa shape index (κ2) is 10.7. The minimum absolute atomic E-state index is 0.0638. The van der Waals surface area contributed by atoms with Crippen molar-refractivity contribution in [3.05, 3.63) is 60.4 Å². The third-order valence-corrected chi connectivity index (χ3v) is 6.31. The molecule has 3 heterocycles. The van der Waals surface area contributed by atoms with Crippen LogP contribution in [-0.2, 0) is 0 Å². The summed E-state index contributed by atoms with van der Waals surface area (Å²) in [7, 11) is 0. The van der Waals surface area contributed by atoms with Crippen molar-refractivity contribution in [1.29, 1.82) is 0 Å². The van der Waals surface area contributed by atoms with E-state index in [0.717, 1.165) is 35.9 Å². The van der Waals surface area contributed by atoms with Crippen molar-refractivity contribution >= 4 is 40.9 Å². The average Bonchev–Trinajstić information content (AvgIpc) is 2.80. The van der Waals surface area contributed by atoms with Gasteiger partial charge in [-0.15, -0.1) is 0 Å². The summed E-state index contributed by atoms with van der Waals surface area (Å²) in [6.07, 6.45) is 5.87. The lowest BCUT2D eigenvalue weighted by molar-refractivity contribution is 0.444. The van der Waals surface area contributed by atoms with Gasteiger partial charge in [-0.3, -0.25) is 0 Å². The highest BCUT2D eigenvalue weighted by molar-refractivity contribution is 7.99. The maximum absolute atomic E-state index is 5.56. The molecule has 2 atom stereocenters. The summed E-state index contributed by atoms with van der Waals surface area (Å²) < 4.78 is 0. The van der Waals surface area contributed by atoms with E-state index in [9.17, 15) is 0 Å². The smallest absolute Gasteiger partial charge is 0.232 e. The van der Waals surface area contributed by atoms with E-state index in [1.807, 2.05) is 24.3 Å². The number of anilines is 2. The molecule has 1 fully saturated rings. The first-order valence-electron chi connectivity index (χ1n) is 10.8. The standard InChI is InChI=1S/C23H27N7S2/c1-16-8-6-13-30(15-16)19-14-20(32-23-24-11-7-12-25-23)28-21(27-19)29-22(31)26-17(2)18-9-4-3-5-10-18/h3-5,7,9-12,14,16-17H,6,8,13,15H2,1-2H3,(H2,26,27,28,29,31)/t16-,17-/m1/s1. The Balaban J connectivity index is 1.53. The van der Waals surface area contributed by atoms with Crippen LogP contribution in [0.2, 0.25) is 0 Å². The molecule has 0 radical (unpaired) electrons. The van der Waals surface area contributed by atoms with Crippen molar-refractivity contribution in [2.75, 3.05) is 23.3 Å². The van der Waals surface area contributed by atoms with Crippen molar-refractivity contribution in [1.82, 2.24) is 25.3 Å². The minimum Gasteiger partial charge on any atom is -0.356 e. The highest BCUT2D eigenvalue weighted by Gasteiger charge is 2.20. The molecule has 32 heavy (non-hydrogen) atoms. The normalized spacial score (nSPS) is 16.9. The van der Waals surface area contributed by atoms with E-state index >= 15 is 0 Å². The second-order valence-electron chi connectivity index (χ2n) is 7.95. The van der Waals surface area contributed by atoms with Gasteiger partial charge in [0.05, 0.1) is 6.04 Å².